The summed E-state index contributed by atoms with van der Waals surface area (Å²) in [7, 11) is 0. The number of hydrogen-bond donors (Lipinski definition) is 1. The summed E-state index contributed by atoms with van der Waals surface area (Å²) in [5, 5.41) is 3.23. The molecule has 5 heteroatoms. The second-order valence-corrected chi connectivity index (χ2v) is 5.73. The van der Waals surface area contributed by atoms with Gasteiger partial charge in [0.15, 0.2) is 0 Å². The van der Waals surface area contributed by atoms with Crippen LogP contribution in [0.5, 0.6) is 0 Å². The van der Waals surface area contributed by atoms with Crippen LogP contribution in [-0.4, -0.2) is 10.9 Å². The van der Waals surface area contributed by atoms with E-state index in [0.29, 0.717) is 16.4 Å². The summed E-state index contributed by atoms with van der Waals surface area (Å²) in [5.41, 5.74) is 3.11. The molecule has 20 heavy (non-hydrogen) atoms. The zero-order valence-electron chi connectivity index (χ0n) is 11.2. The van der Waals surface area contributed by atoms with Gasteiger partial charge < -0.3 is 5.32 Å². The quantitative estimate of drug-likeness (QED) is 0.818. The Kier molecular flexibility index (Phi) is 4.78. The number of nitrogens with zero attached hydrogens (tertiary/aromatic N) is 1. The van der Waals surface area contributed by atoms with Crippen LogP contribution in [-0.2, 0) is 6.42 Å². The summed E-state index contributed by atoms with van der Waals surface area (Å²) in [6.07, 6.45) is 0.838. The van der Waals surface area contributed by atoms with E-state index < -0.39 is 0 Å². The van der Waals surface area contributed by atoms with Gasteiger partial charge in [-0.3, -0.25) is 4.79 Å². The predicted molar refractivity (Wildman–Crippen MR) is 85.5 cm³/mol. The number of pyridine rings is 1. The van der Waals surface area contributed by atoms with Crippen LogP contribution in [0.4, 0.5) is 5.69 Å². The number of aryl methyl sites for hydroxylation is 2. The Morgan fingerprint density at radius 1 is 1.35 bits per heavy atom. The highest BCUT2D eigenvalue weighted by molar-refractivity contribution is 9.10. The number of benzene rings is 1. The van der Waals surface area contributed by atoms with E-state index in [2.05, 4.69) is 26.2 Å². The van der Waals surface area contributed by atoms with Crippen LogP contribution >= 0.6 is 27.5 Å². The molecule has 0 atom stereocenters. The van der Waals surface area contributed by atoms with Crippen molar-refractivity contribution >= 4 is 39.1 Å². The van der Waals surface area contributed by atoms with E-state index in [1.165, 1.54) is 0 Å². The Balaban J connectivity index is 2.27. The molecule has 1 heterocycles. The van der Waals surface area contributed by atoms with Gasteiger partial charge in [0.05, 0.1) is 0 Å². The maximum atomic E-state index is 12.3. The van der Waals surface area contributed by atoms with Gasteiger partial charge in [0.1, 0.15) is 5.15 Å². The van der Waals surface area contributed by atoms with Gasteiger partial charge in [-0.25, -0.2) is 4.98 Å². The molecule has 0 unspecified atom stereocenters. The van der Waals surface area contributed by atoms with Crippen molar-refractivity contribution in [3.05, 3.63) is 56.8 Å². The van der Waals surface area contributed by atoms with Crippen LogP contribution in [0, 0.1) is 6.92 Å². The second kappa shape index (κ2) is 6.37. The minimum absolute atomic E-state index is 0.186. The van der Waals surface area contributed by atoms with Gasteiger partial charge in [0.25, 0.3) is 5.91 Å². The first-order chi connectivity index (χ1) is 9.49. The van der Waals surface area contributed by atoms with Crippen LogP contribution in [0.3, 0.4) is 0 Å². The normalized spacial score (nSPS) is 10.4. The van der Waals surface area contributed by atoms with E-state index in [9.17, 15) is 4.79 Å². The van der Waals surface area contributed by atoms with E-state index in [0.717, 1.165) is 22.1 Å². The highest BCUT2D eigenvalue weighted by atomic mass is 79.9. The van der Waals surface area contributed by atoms with Gasteiger partial charge in [-0.15, -0.1) is 0 Å². The lowest BCUT2D eigenvalue weighted by Gasteiger charge is -2.11. The number of nitrogens with one attached hydrogen (secondary N) is 1. The third kappa shape index (κ3) is 3.58. The number of anilines is 1. The van der Waals surface area contributed by atoms with E-state index >= 15 is 0 Å². The highest BCUT2D eigenvalue weighted by Gasteiger charge is 2.10. The lowest BCUT2D eigenvalue weighted by atomic mass is 10.1. The molecule has 0 spiro atoms. The molecule has 1 amide bonds. The SMILES string of the molecule is CCc1cc(Br)ccc1NC(=O)c1cc(C)nc(Cl)c1. The summed E-state index contributed by atoms with van der Waals surface area (Å²) in [5.74, 6) is -0.186. The van der Waals surface area contributed by atoms with Crippen molar-refractivity contribution < 1.29 is 4.79 Å². The molecule has 2 rings (SSSR count). The Labute approximate surface area is 131 Å². The summed E-state index contributed by atoms with van der Waals surface area (Å²) in [4.78, 5) is 16.3. The van der Waals surface area contributed by atoms with Gasteiger partial charge in [-0.2, -0.15) is 0 Å². The topological polar surface area (TPSA) is 42.0 Å². The van der Waals surface area contributed by atoms with Crippen LogP contribution in [0.1, 0.15) is 28.5 Å². The number of carbonyl (C=O) groups is 1. The lowest BCUT2D eigenvalue weighted by Crippen LogP contribution is -2.13. The standard InChI is InChI=1S/C15H14BrClN2O/c1-3-10-7-12(16)4-5-13(10)19-15(20)11-6-9(2)18-14(17)8-11/h4-8H,3H2,1-2H3,(H,19,20). The average molecular weight is 354 g/mol. The molecule has 104 valence electrons. The molecule has 1 aromatic carbocycles. The number of carbonyl (C=O) groups excluding carboxylic acids is 1. The summed E-state index contributed by atoms with van der Waals surface area (Å²) >= 11 is 9.31. The number of amides is 1. The predicted octanol–water partition coefficient (Wildman–Crippen LogP) is 4.62. The number of aromatic nitrogens is 1. The molecule has 0 bridgehead atoms. The Morgan fingerprint density at radius 2 is 2.10 bits per heavy atom. The second-order valence-electron chi connectivity index (χ2n) is 4.43. The molecule has 0 fully saturated rings. The van der Waals surface area contributed by atoms with Crippen LogP contribution in [0.25, 0.3) is 0 Å². The van der Waals surface area contributed by atoms with Crippen molar-refractivity contribution in [2.45, 2.75) is 20.3 Å². The maximum Gasteiger partial charge on any atom is 0.255 e. The van der Waals surface area contributed by atoms with Crippen LogP contribution in [0.2, 0.25) is 5.15 Å². The Hall–Kier alpha value is -1.39. The molecule has 0 radical (unpaired) electrons. The van der Waals surface area contributed by atoms with E-state index in [1.807, 2.05) is 25.1 Å². The smallest absolute Gasteiger partial charge is 0.255 e. The molecule has 1 N–H and O–H groups in total. The van der Waals surface area contributed by atoms with E-state index in [-0.39, 0.29) is 5.91 Å². The fourth-order valence-corrected chi connectivity index (χ4v) is 2.59. The van der Waals surface area contributed by atoms with E-state index in [1.54, 1.807) is 19.1 Å². The Morgan fingerprint density at radius 3 is 2.75 bits per heavy atom. The van der Waals surface area contributed by atoms with Crippen molar-refractivity contribution in [3.63, 3.8) is 0 Å². The number of rotatable bonds is 3. The monoisotopic (exact) mass is 352 g/mol. The zero-order valence-corrected chi connectivity index (χ0v) is 13.5. The van der Waals surface area contributed by atoms with E-state index in [4.69, 9.17) is 11.6 Å². The fourth-order valence-electron chi connectivity index (χ4n) is 1.93. The Bertz CT molecular complexity index is 638. The number of hydrogen-bond acceptors (Lipinski definition) is 2. The molecular weight excluding hydrogens is 340 g/mol. The third-order valence-electron chi connectivity index (χ3n) is 2.88. The first kappa shape index (κ1) is 15.0. The highest BCUT2D eigenvalue weighted by Crippen LogP contribution is 2.22. The lowest BCUT2D eigenvalue weighted by molar-refractivity contribution is 0.102. The molecule has 1 aromatic heterocycles. The molecule has 2 aromatic rings. The van der Waals surface area contributed by atoms with Gasteiger partial charge in [-0.05, 0) is 49.2 Å². The number of halogens is 2. The molecular formula is C15H14BrClN2O. The largest absolute Gasteiger partial charge is 0.322 e. The molecule has 0 aliphatic carbocycles. The molecule has 0 saturated heterocycles. The van der Waals surface area contributed by atoms with Crippen molar-refractivity contribution in [1.29, 1.82) is 0 Å². The molecule has 0 aliphatic rings. The third-order valence-corrected chi connectivity index (χ3v) is 3.57. The van der Waals surface area contributed by atoms with Crippen LogP contribution in [0.15, 0.2) is 34.8 Å². The van der Waals surface area contributed by atoms with Crippen molar-refractivity contribution in [3.8, 4) is 0 Å². The van der Waals surface area contributed by atoms with Gasteiger partial charge in [0.2, 0.25) is 0 Å². The van der Waals surface area contributed by atoms with Crippen molar-refractivity contribution in [2.75, 3.05) is 5.32 Å². The molecule has 0 aliphatic heterocycles. The minimum atomic E-state index is -0.186. The summed E-state index contributed by atoms with van der Waals surface area (Å²) in [6.45, 7) is 3.85. The minimum Gasteiger partial charge on any atom is -0.322 e. The fraction of sp³-hybridized carbons (Fsp3) is 0.200. The summed E-state index contributed by atoms with van der Waals surface area (Å²) in [6, 6.07) is 9.07. The van der Waals surface area contributed by atoms with Crippen molar-refractivity contribution in [1.82, 2.24) is 4.98 Å². The van der Waals surface area contributed by atoms with Gasteiger partial charge >= 0.3 is 0 Å². The summed E-state index contributed by atoms with van der Waals surface area (Å²) < 4.78 is 0.996. The zero-order chi connectivity index (χ0) is 14.7. The van der Waals surface area contributed by atoms with Gasteiger partial charge in [-0.1, -0.05) is 34.5 Å². The average Bonchev–Trinajstić information content (AvgIpc) is 2.39. The van der Waals surface area contributed by atoms with Crippen molar-refractivity contribution in [2.24, 2.45) is 0 Å². The van der Waals surface area contributed by atoms with Gasteiger partial charge in [0, 0.05) is 21.4 Å². The van der Waals surface area contributed by atoms with Crippen LogP contribution < -0.4 is 5.32 Å². The first-order valence-electron chi connectivity index (χ1n) is 6.23. The molecule has 3 nitrogen and oxygen atoms in total. The first-order valence-corrected chi connectivity index (χ1v) is 7.40. The molecule has 0 saturated carbocycles. The maximum absolute atomic E-state index is 12.3.